The van der Waals surface area contributed by atoms with E-state index in [2.05, 4.69) is 15.9 Å². The standard InChI is InChI=1S/C12H12BrFO2/c1-6-5-8(13)7(2)9(10(6)14)12(3-4-12)11(15)16/h5H,3-4H2,1-2H3,(H,15,16). The number of aliphatic carboxylic acids is 1. The maximum atomic E-state index is 14.1. The summed E-state index contributed by atoms with van der Waals surface area (Å²) in [4.78, 5) is 11.2. The lowest BCUT2D eigenvalue weighted by Gasteiger charge is -2.17. The summed E-state index contributed by atoms with van der Waals surface area (Å²) in [5.74, 6) is -1.30. The van der Waals surface area contributed by atoms with Gasteiger partial charge < -0.3 is 5.11 Å². The first-order chi connectivity index (χ1) is 7.40. The van der Waals surface area contributed by atoms with Crippen molar-refractivity contribution in [3.05, 3.63) is 33.0 Å². The zero-order chi connectivity index (χ0) is 12.1. The molecule has 0 atom stereocenters. The number of hydrogen-bond acceptors (Lipinski definition) is 1. The fourth-order valence-corrected chi connectivity index (χ4v) is 2.65. The van der Waals surface area contributed by atoms with E-state index in [1.165, 1.54) is 0 Å². The molecule has 0 aliphatic heterocycles. The second kappa shape index (κ2) is 3.55. The van der Waals surface area contributed by atoms with Crippen LogP contribution < -0.4 is 0 Å². The highest BCUT2D eigenvalue weighted by atomic mass is 79.9. The van der Waals surface area contributed by atoms with Crippen LogP contribution in [0, 0.1) is 19.7 Å². The van der Waals surface area contributed by atoms with E-state index in [1.54, 1.807) is 19.9 Å². The molecule has 1 aliphatic carbocycles. The van der Waals surface area contributed by atoms with Crippen LogP contribution in [-0.4, -0.2) is 11.1 Å². The number of halogens is 2. The fraction of sp³-hybridized carbons (Fsp3) is 0.417. The molecule has 1 aromatic carbocycles. The van der Waals surface area contributed by atoms with Gasteiger partial charge in [0.25, 0.3) is 0 Å². The van der Waals surface area contributed by atoms with Crippen molar-refractivity contribution >= 4 is 21.9 Å². The summed E-state index contributed by atoms with van der Waals surface area (Å²) in [6.45, 7) is 3.41. The Kier molecular flexibility index (Phi) is 2.57. The Labute approximate surface area is 102 Å². The first kappa shape index (κ1) is 11.6. The van der Waals surface area contributed by atoms with E-state index >= 15 is 0 Å². The number of carboxylic acid groups (broad SMARTS) is 1. The zero-order valence-electron chi connectivity index (χ0n) is 9.10. The van der Waals surface area contributed by atoms with Crippen LogP contribution in [0.2, 0.25) is 0 Å². The van der Waals surface area contributed by atoms with Crippen molar-refractivity contribution < 1.29 is 14.3 Å². The predicted molar refractivity (Wildman–Crippen MR) is 62.1 cm³/mol. The topological polar surface area (TPSA) is 37.3 Å². The number of hydrogen-bond donors (Lipinski definition) is 1. The van der Waals surface area contributed by atoms with Gasteiger partial charge in [0.05, 0.1) is 5.41 Å². The molecule has 86 valence electrons. The summed E-state index contributed by atoms with van der Waals surface area (Å²) in [7, 11) is 0. The molecule has 4 heteroatoms. The third-order valence-electron chi connectivity index (χ3n) is 3.28. The van der Waals surface area contributed by atoms with Gasteiger partial charge in [-0.1, -0.05) is 15.9 Å². The monoisotopic (exact) mass is 286 g/mol. The van der Waals surface area contributed by atoms with Crippen LogP contribution in [0.4, 0.5) is 4.39 Å². The van der Waals surface area contributed by atoms with Gasteiger partial charge in [0.15, 0.2) is 0 Å². The quantitative estimate of drug-likeness (QED) is 0.906. The normalized spacial score (nSPS) is 17.2. The van der Waals surface area contributed by atoms with Crippen molar-refractivity contribution in [2.75, 3.05) is 0 Å². The molecule has 2 rings (SSSR count). The van der Waals surface area contributed by atoms with Crippen molar-refractivity contribution in [1.29, 1.82) is 0 Å². The Hall–Kier alpha value is -0.900. The number of carbonyl (C=O) groups is 1. The highest BCUT2D eigenvalue weighted by molar-refractivity contribution is 9.10. The number of carboxylic acids is 1. The van der Waals surface area contributed by atoms with Gasteiger partial charge in [0, 0.05) is 10.0 Å². The van der Waals surface area contributed by atoms with Crippen LogP contribution in [0.3, 0.4) is 0 Å². The van der Waals surface area contributed by atoms with Gasteiger partial charge in [-0.25, -0.2) is 4.39 Å². The minimum absolute atomic E-state index is 0.354. The lowest BCUT2D eigenvalue weighted by atomic mass is 9.90. The highest BCUT2D eigenvalue weighted by Crippen LogP contribution is 2.51. The molecule has 0 radical (unpaired) electrons. The van der Waals surface area contributed by atoms with E-state index < -0.39 is 11.4 Å². The van der Waals surface area contributed by atoms with Gasteiger partial charge in [-0.3, -0.25) is 4.79 Å². The van der Waals surface area contributed by atoms with Crippen molar-refractivity contribution in [2.24, 2.45) is 0 Å². The predicted octanol–water partition coefficient (Wildman–Crippen LogP) is 3.32. The Morgan fingerprint density at radius 2 is 2.06 bits per heavy atom. The second-order valence-electron chi connectivity index (χ2n) is 4.38. The zero-order valence-corrected chi connectivity index (χ0v) is 10.7. The second-order valence-corrected chi connectivity index (χ2v) is 5.23. The maximum absolute atomic E-state index is 14.1. The summed E-state index contributed by atoms with van der Waals surface area (Å²) < 4.78 is 14.8. The molecule has 0 unspecified atom stereocenters. The third-order valence-corrected chi connectivity index (χ3v) is 4.10. The fourth-order valence-electron chi connectivity index (χ4n) is 2.11. The molecule has 16 heavy (non-hydrogen) atoms. The molecular weight excluding hydrogens is 275 g/mol. The molecule has 0 spiro atoms. The molecule has 1 aromatic rings. The number of benzene rings is 1. The van der Waals surface area contributed by atoms with Gasteiger partial charge in [-0.2, -0.15) is 0 Å². The van der Waals surface area contributed by atoms with Crippen molar-refractivity contribution in [1.82, 2.24) is 0 Å². The first-order valence-corrected chi connectivity index (χ1v) is 5.88. The molecular formula is C12H12BrFO2. The summed E-state index contributed by atoms with van der Waals surface area (Å²) in [5.41, 5.74) is 0.553. The van der Waals surface area contributed by atoms with Gasteiger partial charge in [-0.05, 0) is 43.9 Å². The lowest BCUT2D eigenvalue weighted by Crippen LogP contribution is -2.23. The molecule has 1 N–H and O–H groups in total. The van der Waals surface area contributed by atoms with Crippen LogP contribution in [0.5, 0.6) is 0 Å². The highest BCUT2D eigenvalue weighted by Gasteiger charge is 2.54. The van der Waals surface area contributed by atoms with E-state index in [4.69, 9.17) is 0 Å². The van der Waals surface area contributed by atoms with Gasteiger partial charge in [-0.15, -0.1) is 0 Å². The van der Waals surface area contributed by atoms with E-state index in [-0.39, 0.29) is 5.82 Å². The Bertz CT molecular complexity index is 452. The molecule has 2 nitrogen and oxygen atoms in total. The average molecular weight is 287 g/mol. The number of rotatable bonds is 2. The minimum Gasteiger partial charge on any atom is -0.481 e. The summed E-state index contributed by atoms with van der Waals surface area (Å²) in [6.07, 6.45) is 1.05. The molecule has 0 bridgehead atoms. The van der Waals surface area contributed by atoms with Gasteiger partial charge in [0.1, 0.15) is 5.82 Å². The Morgan fingerprint density at radius 1 is 1.50 bits per heavy atom. The molecule has 0 saturated heterocycles. The lowest BCUT2D eigenvalue weighted by molar-refractivity contribution is -0.140. The summed E-state index contributed by atoms with van der Waals surface area (Å²) in [6, 6.07) is 1.69. The third kappa shape index (κ3) is 1.47. The van der Waals surface area contributed by atoms with E-state index in [1.807, 2.05) is 0 Å². The van der Waals surface area contributed by atoms with Crippen LogP contribution >= 0.6 is 15.9 Å². The largest absolute Gasteiger partial charge is 0.481 e. The van der Waals surface area contributed by atoms with Crippen molar-refractivity contribution in [3.8, 4) is 0 Å². The molecule has 0 aromatic heterocycles. The van der Waals surface area contributed by atoms with Crippen LogP contribution in [0.1, 0.15) is 29.5 Å². The van der Waals surface area contributed by atoms with E-state index in [0.29, 0.717) is 29.5 Å². The molecule has 0 amide bonds. The minimum atomic E-state index is -0.983. The maximum Gasteiger partial charge on any atom is 0.314 e. The van der Waals surface area contributed by atoms with Gasteiger partial charge >= 0.3 is 5.97 Å². The van der Waals surface area contributed by atoms with Crippen LogP contribution in [0.25, 0.3) is 0 Å². The van der Waals surface area contributed by atoms with Crippen LogP contribution in [0.15, 0.2) is 10.5 Å². The SMILES string of the molecule is Cc1cc(Br)c(C)c(C2(C(=O)O)CC2)c1F. The Balaban J connectivity index is 2.70. The number of aryl methyl sites for hydroxylation is 1. The van der Waals surface area contributed by atoms with E-state index in [9.17, 15) is 14.3 Å². The average Bonchev–Trinajstić information content (AvgIpc) is 2.97. The van der Waals surface area contributed by atoms with Crippen molar-refractivity contribution in [3.63, 3.8) is 0 Å². The van der Waals surface area contributed by atoms with Crippen LogP contribution in [-0.2, 0) is 10.2 Å². The Morgan fingerprint density at radius 3 is 2.50 bits per heavy atom. The summed E-state index contributed by atoms with van der Waals surface area (Å²) in [5, 5.41) is 9.21. The molecule has 0 heterocycles. The summed E-state index contributed by atoms with van der Waals surface area (Å²) >= 11 is 3.34. The van der Waals surface area contributed by atoms with Crippen molar-refractivity contribution in [2.45, 2.75) is 32.1 Å². The van der Waals surface area contributed by atoms with Gasteiger partial charge in [0.2, 0.25) is 0 Å². The van der Waals surface area contributed by atoms with E-state index in [0.717, 1.165) is 4.47 Å². The first-order valence-electron chi connectivity index (χ1n) is 5.09. The molecule has 1 fully saturated rings. The smallest absolute Gasteiger partial charge is 0.314 e. The molecule has 1 saturated carbocycles. The molecule has 1 aliphatic rings.